The zero-order chi connectivity index (χ0) is 20.4. The first-order valence-corrected chi connectivity index (χ1v) is 9.79. The molecule has 0 radical (unpaired) electrons. The predicted octanol–water partition coefficient (Wildman–Crippen LogP) is 5.96. The molecule has 152 valence electrons. The van der Waals surface area contributed by atoms with Crippen LogP contribution in [0.3, 0.4) is 0 Å². The molecule has 0 N–H and O–H groups in total. The molecule has 7 heteroatoms. The largest absolute Gasteiger partial charge is 0.416 e. The van der Waals surface area contributed by atoms with Crippen molar-refractivity contribution in [3.05, 3.63) is 59.5 Å². The second-order valence-electron chi connectivity index (χ2n) is 7.70. The number of alkyl halides is 3. The lowest BCUT2D eigenvalue weighted by Gasteiger charge is -2.28. The van der Waals surface area contributed by atoms with Crippen molar-refractivity contribution in [3.63, 3.8) is 0 Å². The van der Waals surface area contributed by atoms with E-state index in [1.54, 1.807) is 12.1 Å². The molecule has 4 rings (SSSR count). The van der Waals surface area contributed by atoms with E-state index in [-0.39, 0.29) is 5.78 Å². The average Bonchev–Trinajstić information content (AvgIpc) is 3.40. The van der Waals surface area contributed by atoms with Gasteiger partial charge in [0.25, 0.3) is 0 Å². The number of hydrogen-bond donors (Lipinski definition) is 0. The summed E-state index contributed by atoms with van der Waals surface area (Å²) in [7, 11) is 0. The van der Waals surface area contributed by atoms with E-state index in [2.05, 4.69) is 10.1 Å². The Hall–Kier alpha value is -2.70. The van der Waals surface area contributed by atoms with Crippen molar-refractivity contribution in [3.8, 4) is 0 Å². The quantitative estimate of drug-likeness (QED) is 0.580. The number of allylic oxidation sites excluding steroid dienone is 1. The molecule has 0 amide bonds. The Morgan fingerprint density at radius 2 is 1.93 bits per heavy atom. The van der Waals surface area contributed by atoms with Gasteiger partial charge in [0.1, 0.15) is 12.0 Å². The number of halogens is 3. The van der Waals surface area contributed by atoms with E-state index in [4.69, 9.17) is 4.52 Å². The molecule has 1 aromatic carbocycles. The standard InChI is InChI=1S/C22H21F3N2O2/c23-22(24,25)17-3-1-2-16(13-17)19-9-8-18(26-19)15-6-4-14(5-7-15)12-21(28)20-10-11-29-27-20/h1-3,9-11,13-15H,4-8,12H2. The summed E-state index contributed by atoms with van der Waals surface area (Å²) >= 11 is 0. The number of benzene rings is 1. The Morgan fingerprint density at radius 3 is 2.62 bits per heavy atom. The zero-order valence-electron chi connectivity index (χ0n) is 15.8. The van der Waals surface area contributed by atoms with Gasteiger partial charge in [-0.2, -0.15) is 13.2 Å². The summed E-state index contributed by atoms with van der Waals surface area (Å²) < 4.78 is 43.6. The summed E-state index contributed by atoms with van der Waals surface area (Å²) in [5, 5.41) is 3.70. The van der Waals surface area contributed by atoms with E-state index in [1.165, 1.54) is 12.3 Å². The van der Waals surface area contributed by atoms with Crippen LogP contribution in [0.1, 0.15) is 60.1 Å². The number of nitrogens with zero attached hydrogens (tertiary/aromatic N) is 2. The third-order valence-electron chi connectivity index (χ3n) is 5.77. The molecule has 0 atom stereocenters. The van der Waals surface area contributed by atoms with E-state index in [9.17, 15) is 18.0 Å². The third-order valence-corrected chi connectivity index (χ3v) is 5.77. The summed E-state index contributed by atoms with van der Waals surface area (Å²) in [6.45, 7) is 0. The van der Waals surface area contributed by atoms with Gasteiger partial charge >= 0.3 is 6.18 Å². The van der Waals surface area contributed by atoms with E-state index < -0.39 is 11.7 Å². The smallest absolute Gasteiger partial charge is 0.364 e. The highest BCUT2D eigenvalue weighted by Crippen LogP contribution is 2.37. The van der Waals surface area contributed by atoms with Crippen LogP contribution < -0.4 is 0 Å². The first kappa shape index (κ1) is 19.6. The number of hydrogen-bond acceptors (Lipinski definition) is 4. The Bertz CT molecular complexity index is 937. The number of carbonyl (C=O) groups excluding carboxylic acids is 1. The number of aromatic nitrogens is 1. The fraction of sp³-hybridized carbons (Fsp3) is 0.409. The minimum atomic E-state index is -4.36. The van der Waals surface area contributed by atoms with Crippen molar-refractivity contribution in [2.24, 2.45) is 16.8 Å². The van der Waals surface area contributed by atoms with Crippen LogP contribution >= 0.6 is 0 Å². The Balaban J connectivity index is 1.35. The van der Waals surface area contributed by atoms with E-state index in [0.29, 0.717) is 41.6 Å². The summed E-state index contributed by atoms with van der Waals surface area (Å²) in [4.78, 5) is 16.8. The number of ketones is 1. The predicted molar refractivity (Wildman–Crippen MR) is 102 cm³/mol. The van der Waals surface area contributed by atoms with E-state index in [1.807, 2.05) is 6.08 Å². The molecule has 1 fully saturated rings. The highest BCUT2D eigenvalue weighted by Gasteiger charge is 2.31. The Morgan fingerprint density at radius 1 is 1.14 bits per heavy atom. The summed E-state index contributed by atoms with van der Waals surface area (Å²) in [6.07, 6.45) is 3.86. The summed E-state index contributed by atoms with van der Waals surface area (Å²) in [5.41, 5.74) is 1.88. The van der Waals surface area contributed by atoms with E-state index in [0.717, 1.165) is 43.5 Å². The first-order chi connectivity index (χ1) is 13.9. The van der Waals surface area contributed by atoms with Crippen LogP contribution in [-0.4, -0.2) is 16.7 Å². The molecule has 2 aromatic rings. The molecule has 29 heavy (non-hydrogen) atoms. The maximum absolute atomic E-state index is 13.0. The molecular weight excluding hydrogens is 381 g/mol. The monoisotopic (exact) mass is 402 g/mol. The minimum Gasteiger partial charge on any atom is -0.364 e. The molecule has 1 saturated carbocycles. The van der Waals surface area contributed by atoms with Gasteiger partial charge in [0.15, 0.2) is 5.78 Å². The normalized spacial score (nSPS) is 22.3. The van der Waals surface area contributed by atoms with Gasteiger partial charge in [-0.1, -0.05) is 23.4 Å². The number of rotatable bonds is 5. The fourth-order valence-corrected chi connectivity index (χ4v) is 4.17. The lowest BCUT2D eigenvalue weighted by molar-refractivity contribution is -0.137. The Kier molecular flexibility index (Phi) is 5.39. The molecule has 2 aliphatic rings. The highest BCUT2D eigenvalue weighted by molar-refractivity contribution is 5.97. The van der Waals surface area contributed by atoms with Crippen LogP contribution in [0.4, 0.5) is 13.2 Å². The van der Waals surface area contributed by atoms with Crippen molar-refractivity contribution in [2.75, 3.05) is 0 Å². The Labute approximate surface area is 166 Å². The molecule has 4 nitrogen and oxygen atoms in total. The summed E-state index contributed by atoms with van der Waals surface area (Å²) in [6, 6.07) is 6.90. The lowest BCUT2D eigenvalue weighted by atomic mass is 9.77. The van der Waals surface area contributed by atoms with Gasteiger partial charge in [-0.05, 0) is 49.7 Å². The second kappa shape index (κ2) is 7.97. The van der Waals surface area contributed by atoms with Crippen molar-refractivity contribution in [1.82, 2.24) is 5.16 Å². The van der Waals surface area contributed by atoms with Crippen LogP contribution in [0.15, 0.2) is 52.2 Å². The zero-order valence-corrected chi connectivity index (χ0v) is 15.8. The summed E-state index contributed by atoms with van der Waals surface area (Å²) in [5.74, 6) is 0.662. The highest BCUT2D eigenvalue weighted by atomic mass is 19.4. The maximum Gasteiger partial charge on any atom is 0.416 e. The van der Waals surface area contributed by atoms with Gasteiger partial charge in [0.05, 0.1) is 11.3 Å². The van der Waals surface area contributed by atoms with Crippen LogP contribution in [0.2, 0.25) is 0 Å². The first-order valence-electron chi connectivity index (χ1n) is 9.79. The molecule has 2 heterocycles. The number of Topliss-reactive ketones (excluding diaryl/α,β-unsaturated/α-hetero) is 1. The van der Waals surface area contributed by atoms with Crippen LogP contribution in [0, 0.1) is 11.8 Å². The molecule has 0 saturated heterocycles. The molecule has 1 aromatic heterocycles. The van der Waals surface area contributed by atoms with Gasteiger partial charge in [-0.3, -0.25) is 9.79 Å². The molecular formula is C22H21F3N2O2. The second-order valence-corrected chi connectivity index (χ2v) is 7.70. The average molecular weight is 402 g/mol. The number of carbonyl (C=O) groups is 1. The molecule has 1 aliphatic carbocycles. The minimum absolute atomic E-state index is 0.00825. The van der Waals surface area contributed by atoms with Crippen molar-refractivity contribution < 1.29 is 22.5 Å². The molecule has 1 aliphatic heterocycles. The van der Waals surface area contributed by atoms with Crippen LogP contribution in [0.5, 0.6) is 0 Å². The molecule has 0 bridgehead atoms. The van der Waals surface area contributed by atoms with Gasteiger partial charge < -0.3 is 4.52 Å². The molecule has 0 unspecified atom stereocenters. The topological polar surface area (TPSA) is 55.5 Å². The SMILES string of the molecule is O=C(CC1CCC(C2=NC(c3cccc(C(F)(F)F)c3)=CC2)CC1)c1ccon1. The van der Waals surface area contributed by atoms with Crippen molar-refractivity contribution in [2.45, 2.75) is 44.7 Å². The van der Waals surface area contributed by atoms with Crippen molar-refractivity contribution in [1.29, 1.82) is 0 Å². The third kappa shape index (κ3) is 4.49. The van der Waals surface area contributed by atoms with Crippen LogP contribution in [-0.2, 0) is 6.18 Å². The van der Waals surface area contributed by atoms with Gasteiger partial charge in [0, 0.05) is 30.2 Å². The maximum atomic E-state index is 13.0. The van der Waals surface area contributed by atoms with Gasteiger partial charge in [-0.25, -0.2) is 0 Å². The van der Waals surface area contributed by atoms with E-state index >= 15 is 0 Å². The lowest BCUT2D eigenvalue weighted by Crippen LogP contribution is -2.22. The van der Waals surface area contributed by atoms with Gasteiger partial charge in [0.2, 0.25) is 0 Å². The number of aliphatic imine (C=N–C) groups is 1. The van der Waals surface area contributed by atoms with Gasteiger partial charge in [-0.15, -0.1) is 0 Å². The fourth-order valence-electron chi connectivity index (χ4n) is 4.17. The molecule has 0 spiro atoms. The van der Waals surface area contributed by atoms with Crippen LogP contribution in [0.25, 0.3) is 5.70 Å². The van der Waals surface area contributed by atoms with Crippen molar-refractivity contribution >= 4 is 17.2 Å².